The van der Waals surface area contributed by atoms with Crippen LogP contribution < -0.4 is 10.1 Å². The van der Waals surface area contributed by atoms with E-state index in [0.717, 1.165) is 36.1 Å². The zero-order chi connectivity index (χ0) is 19.4. The first-order chi connectivity index (χ1) is 13.8. The van der Waals surface area contributed by atoms with E-state index in [-0.39, 0.29) is 5.91 Å². The van der Waals surface area contributed by atoms with Gasteiger partial charge in [-0.25, -0.2) is 0 Å². The van der Waals surface area contributed by atoms with Crippen LogP contribution in [0.15, 0.2) is 84.9 Å². The second kappa shape index (κ2) is 10.9. The van der Waals surface area contributed by atoms with E-state index in [0.29, 0.717) is 19.6 Å². The molecular formula is C25H27NO2. The summed E-state index contributed by atoms with van der Waals surface area (Å²) in [6.07, 6.45) is 3.45. The Hall–Kier alpha value is -3.07. The van der Waals surface area contributed by atoms with E-state index in [1.807, 2.05) is 60.7 Å². The number of rotatable bonds is 10. The van der Waals surface area contributed by atoms with Gasteiger partial charge in [-0.05, 0) is 48.1 Å². The van der Waals surface area contributed by atoms with Crippen LogP contribution >= 0.6 is 0 Å². The lowest BCUT2D eigenvalue weighted by molar-refractivity contribution is -0.121. The lowest BCUT2D eigenvalue weighted by atomic mass is 10.1. The van der Waals surface area contributed by atoms with Crippen molar-refractivity contribution < 1.29 is 9.53 Å². The minimum atomic E-state index is 0.119. The average Bonchev–Trinajstić information content (AvgIpc) is 2.76. The van der Waals surface area contributed by atoms with Crippen molar-refractivity contribution in [2.75, 3.05) is 0 Å². The van der Waals surface area contributed by atoms with Gasteiger partial charge in [-0.3, -0.25) is 4.79 Å². The summed E-state index contributed by atoms with van der Waals surface area (Å²) in [5.74, 6) is 1.00. The molecule has 3 nitrogen and oxygen atoms in total. The lowest BCUT2D eigenvalue weighted by Crippen LogP contribution is -2.22. The van der Waals surface area contributed by atoms with E-state index in [1.54, 1.807) is 0 Å². The number of amides is 1. The maximum atomic E-state index is 11.9. The smallest absolute Gasteiger partial charge is 0.220 e. The van der Waals surface area contributed by atoms with Crippen LogP contribution in [0.4, 0.5) is 0 Å². The summed E-state index contributed by atoms with van der Waals surface area (Å²) in [6, 6.07) is 28.4. The van der Waals surface area contributed by atoms with Crippen molar-refractivity contribution >= 4 is 5.91 Å². The van der Waals surface area contributed by atoms with E-state index >= 15 is 0 Å². The summed E-state index contributed by atoms with van der Waals surface area (Å²) < 4.78 is 5.81. The first-order valence-corrected chi connectivity index (χ1v) is 9.86. The highest BCUT2D eigenvalue weighted by atomic mass is 16.5. The Morgan fingerprint density at radius 1 is 0.714 bits per heavy atom. The van der Waals surface area contributed by atoms with Gasteiger partial charge in [0.1, 0.15) is 12.4 Å². The van der Waals surface area contributed by atoms with Crippen LogP contribution in [0.1, 0.15) is 36.0 Å². The van der Waals surface area contributed by atoms with E-state index in [2.05, 4.69) is 29.6 Å². The largest absolute Gasteiger partial charge is 0.489 e. The van der Waals surface area contributed by atoms with Gasteiger partial charge in [0.05, 0.1) is 0 Å². The number of hydrogen-bond donors (Lipinski definition) is 1. The molecule has 28 heavy (non-hydrogen) atoms. The summed E-state index contributed by atoms with van der Waals surface area (Å²) >= 11 is 0. The molecule has 0 saturated heterocycles. The summed E-state index contributed by atoms with van der Waals surface area (Å²) in [5.41, 5.74) is 3.57. The number of unbranched alkanes of at least 4 members (excludes halogenated alkanes) is 1. The Morgan fingerprint density at radius 3 is 2.04 bits per heavy atom. The van der Waals surface area contributed by atoms with Gasteiger partial charge in [0.2, 0.25) is 5.91 Å². The number of ether oxygens (including phenoxy) is 1. The number of aryl methyl sites for hydroxylation is 1. The minimum Gasteiger partial charge on any atom is -0.489 e. The molecule has 3 rings (SSSR count). The molecule has 1 N–H and O–H groups in total. The molecule has 0 radical (unpaired) electrons. The van der Waals surface area contributed by atoms with Crippen molar-refractivity contribution in [2.45, 2.75) is 38.8 Å². The van der Waals surface area contributed by atoms with Gasteiger partial charge in [-0.1, -0.05) is 72.8 Å². The molecule has 3 heteroatoms. The molecule has 0 aliphatic heterocycles. The quantitative estimate of drug-likeness (QED) is 0.490. The highest BCUT2D eigenvalue weighted by Gasteiger charge is 2.02. The summed E-state index contributed by atoms with van der Waals surface area (Å²) in [5, 5.41) is 2.98. The highest BCUT2D eigenvalue weighted by Crippen LogP contribution is 2.16. The van der Waals surface area contributed by atoms with Gasteiger partial charge < -0.3 is 10.1 Å². The van der Waals surface area contributed by atoms with Gasteiger partial charge in [0.25, 0.3) is 0 Å². The van der Waals surface area contributed by atoms with E-state index in [9.17, 15) is 4.79 Å². The van der Waals surface area contributed by atoms with Gasteiger partial charge in [0, 0.05) is 13.0 Å². The second-order valence-electron chi connectivity index (χ2n) is 6.89. The predicted octanol–water partition coefficient (Wildman–Crippen LogP) is 5.29. The first-order valence-electron chi connectivity index (χ1n) is 9.86. The van der Waals surface area contributed by atoms with Crippen LogP contribution in [0.2, 0.25) is 0 Å². The van der Waals surface area contributed by atoms with Crippen molar-refractivity contribution in [2.24, 2.45) is 0 Å². The molecule has 0 spiro atoms. The third-order valence-electron chi connectivity index (χ3n) is 4.62. The van der Waals surface area contributed by atoms with Gasteiger partial charge in [0.15, 0.2) is 0 Å². The highest BCUT2D eigenvalue weighted by molar-refractivity contribution is 5.75. The fraction of sp³-hybridized carbons (Fsp3) is 0.240. The maximum Gasteiger partial charge on any atom is 0.220 e. The Labute approximate surface area is 167 Å². The number of hydrogen-bond acceptors (Lipinski definition) is 2. The molecule has 0 saturated carbocycles. The predicted molar refractivity (Wildman–Crippen MR) is 113 cm³/mol. The minimum absolute atomic E-state index is 0.119. The number of benzene rings is 3. The van der Waals surface area contributed by atoms with Crippen LogP contribution in [0.25, 0.3) is 0 Å². The van der Waals surface area contributed by atoms with Crippen LogP contribution in [0.5, 0.6) is 5.75 Å². The molecule has 0 bridgehead atoms. The molecule has 0 aliphatic rings. The number of carbonyl (C=O) groups is 1. The van der Waals surface area contributed by atoms with Crippen LogP contribution in [-0.2, 0) is 24.4 Å². The van der Waals surface area contributed by atoms with E-state index in [4.69, 9.17) is 4.74 Å². The summed E-state index contributed by atoms with van der Waals surface area (Å²) in [7, 11) is 0. The molecule has 0 unspecified atom stereocenters. The normalized spacial score (nSPS) is 10.4. The average molecular weight is 373 g/mol. The van der Waals surface area contributed by atoms with Crippen molar-refractivity contribution in [3.8, 4) is 5.75 Å². The molecule has 144 valence electrons. The molecule has 0 heterocycles. The Bertz CT molecular complexity index is 829. The van der Waals surface area contributed by atoms with Gasteiger partial charge >= 0.3 is 0 Å². The fourth-order valence-electron chi connectivity index (χ4n) is 2.99. The van der Waals surface area contributed by atoms with Gasteiger partial charge in [-0.2, -0.15) is 0 Å². The molecule has 3 aromatic carbocycles. The third kappa shape index (κ3) is 6.92. The monoisotopic (exact) mass is 373 g/mol. The van der Waals surface area contributed by atoms with E-state index in [1.165, 1.54) is 5.56 Å². The van der Waals surface area contributed by atoms with Crippen molar-refractivity contribution in [3.63, 3.8) is 0 Å². The molecule has 3 aromatic rings. The molecule has 0 aromatic heterocycles. The van der Waals surface area contributed by atoms with Crippen LogP contribution in [-0.4, -0.2) is 5.91 Å². The molecular weight excluding hydrogens is 346 g/mol. The van der Waals surface area contributed by atoms with Crippen molar-refractivity contribution in [3.05, 3.63) is 102 Å². The number of carbonyl (C=O) groups excluding carboxylic acids is 1. The van der Waals surface area contributed by atoms with E-state index < -0.39 is 0 Å². The maximum absolute atomic E-state index is 11.9. The molecule has 0 fully saturated rings. The van der Waals surface area contributed by atoms with Crippen molar-refractivity contribution in [1.29, 1.82) is 0 Å². The van der Waals surface area contributed by atoms with Crippen molar-refractivity contribution in [1.82, 2.24) is 5.32 Å². The molecule has 0 atom stereocenters. The van der Waals surface area contributed by atoms with Crippen LogP contribution in [0, 0.1) is 0 Å². The zero-order valence-electron chi connectivity index (χ0n) is 16.1. The Kier molecular flexibility index (Phi) is 7.68. The standard InChI is InChI=1S/C25H27NO2/c27-25(26-19-22-10-3-1-4-11-22)14-8-7-9-21-15-17-24(18-16-21)28-20-23-12-5-2-6-13-23/h1-6,10-13,15-18H,7-9,14,19-20H2,(H,26,27). The molecule has 1 amide bonds. The SMILES string of the molecule is O=C(CCCCc1ccc(OCc2ccccc2)cc1)NCc1ccccc1. The first kappa shape index (κ1) is 19.7. The second-order valence-corrected chi connectivity index (χ2v) is 6.89. The summed E-state index contributed by atoms with van der Waals surface area (Å²) in [6.45, 7) is 1.18. The third-order valence-corrected chi connectivity index (χ3v) is 4.62. The Morgan fingerprint density at radius 2 is 1.36 bits per heavy atom. The zero-order valence-corrected chi connectivity index (χ0v) is 16.1. The van der Waals surface area contributed by atoms with Gasteiger partial charge in [-0.15, -0.1) is 0 Å². The summed E-state index contributed by atoms with van der Waals surface area (Å²) in [4.78, 5) is 11.9. The fourth-order valence-corrected chi connectivity index (χ4v) is 2.99. The topological polar surface area (TPSA) is 38.3 Å². The van der Waals surface area contributed by atoms with Crippen LogP contribution in [0.3, 0.4) is 0 Å². The lowest BCUT2D eigenvalue weighted by Gasteiger charge is -2.08. The Balaban J connectivity index is 1.31. The molecule has 0 aliphatic carbocycles. The number of nitrogens with one attached hydrogen (secondary N) is 1.